The molecule has 2 rings (SSSR count). The average molecular weight is 488 g/mol. The van der Waals surface area contributed by atoms with Gasteiger partial charge < -0.3 is 15.2 Å². The topological polar surface area (TPSA) is 62.5 Å². The van der Waals surface area contributed by atoms with E-state index in [1.807, 2.05) is 23.9 Å². The Bertz CT molecular complexity index is 661. The Labute approximate surface area is 177 Å². The molecule has 0 radical (unpaired) electrons. The minimum atomic E-state index is 0. The van der Waals surface area contributed by atoms with Crippen LogP contribution >= 0.6 is 35.7 Å². The van der Waals surface area contributed by atoms with Gasteiger partial charge in [-0.2, -0.15) is 0 Å². The molecule has 2 N–H and O–H groups in total. The van der Waals surface area contributed by atoms with Crippen LogP contribution in [-0.2, 0) is 6.54 Å². The molecule has 1 aromatic carbocycles. The molecule has 5 nitrogen and oxygen atoms in total. The maximum atomic E-state index is 5.34. The Balaban J connectivity index is 0.00000338. The van der Waals surface area contributed by atoms with Crippen LogP contribution in [0.4, 0.5) is 0 Å². The Kier molecular flexibility index (Phi) is 10.7. The summed E-state index contributed by atoms with van der Waals surface area (Å²) in [5.41, 5.74) is 0.969. The van der Waals surface area contributed by atoms with Crippen molar-refractivity contribution < 1.29 is 4.52 Å². The van der Waals surface area contributed by atoms with Gasteiger partial charge in [0.15, 0.2) is 11.7 Å². The van der Waals surface area contributed by atoms with Gasteiger partial charge in [0.05, 0.1) is 5.69 Å². The van der Waals surface area contributed by atoms with Crippen molar-refractivity contribution in [1.82, 2.24) is 15.8 Å². The fourth-order valence-corrected chi connectivity index (χ4v) is 3.13. The normalized spacial score (nSPS) is 12.6. The van der Waals surface area contributed by atoms with E-state index in [1.54, 1.807) is 0 Å². The first-order valence-corrected chi connectivity index (χ1v) is 9.65. The zero-order valence-electron chi connectivity index (χ0n) is 15.9. The van der Waals surface area contributed by atoms with Crippen molar-refractivity contribution >= 4 is 41.7 Å². The predicted octanol–water partition coefficient (Wildman–Crippen LogP) is 4.65. The molecule has 1 atom stereocenters. The van der Waals surface area contributed by atoms with Crippen LogP contribution in [-0.4, -0.2) is 29.5 Å². The van der Waals surface area contributed by atoms with E-state index < -0.39 is 0 Å². The van der Waals surface area contributed by atoms with Crippen molar-refractivity contribution in [2.75, 3.05) is 13.1 Å². The first-order valence-electron chi connectivity index (χ1n) is 8.77. The number of benzene rings is 1. The maximum absolute atomic E-state index is 5.34. The van der Waals surface area contributed by atoms with Crippen molar-refractivity contribution in [2.24, 2.45) is 4.99 Å². The zero-order chi connectivity index (χ0) is 18.1. The summed E-state index contributed by atoms with van der Waals surface area (Å²) in [6, 6.07) is 12.4. The summed E-state index contributed by atoms with van der Waals surface area (Å²) in [5.74, 6) is 1.95. The smallest absolute Gasteiger partial charge is 0.191 e. The lowest BCUT2D eigenvalue weighted by molar-refractivity contribution is 0.376. The first kappa shape index (κ1) is 22.8. The van der Waals surface area contributed by atoms with Crippen LogP contribution in [0.15, 0.2) is 50.8 Å². The summed E-state index contributed by atoms with van der Waals surface area (Å²) in [6.07, 6.45) is 0. The second-order valence-electron chi connectivity index (χ2n) is 6.19. The fraction of sp³-hybridized carbons (Fsp3) is 0.474. The highest BCUT2D eigenvalue weighted by Gasteiger charge is 2.09. The molecule has 0 aliphatic carbocycles. The Hall–Kier alpha value is -1.22. The standard InChI is InChI=1S/C19H28N4OS.HI/c1-5-20-19(22-13-16-11-18(14(2)3)23-24-16)21-12-15(4)25-17-9-7-6-8-10-17;/h6-11,14-15H,5,12-13H2,1-4H3,(H2,20,21,22);1H. The number of nitrogens with zero attached hydrogens (tertiary/aromatic N) is 2. The average Bonchev–Trinajstić information content (AvgIpc) is 3.07. The molecule has 1 aromatic heterocycles. The lowest BCUT2D eigenvalue weighted by Gasteiger charge is -2.15. The van der Waals surface area contributed by atoms with Gasteiger partial charge in [-0.1, -0.05) is 44.1 Å². The molecular formula is C19H29IN4OS. The van der Waals surface area contributed by atoms with E-state index in [0.717, 1.165) is 30.5 Å². The summed E-state index contributed by atoms with van der Waals surface area (Å²) in [7, 11) is 0. The van der Waals surface area contributed by atoms with Gasteiger partial charge in [-0.15, -0.1) is 35.7 Å². The number of guanidine groups is 1. The van der Waals surface area contributed by atoms with Crippen LogP contribution in [0.25, 0.3) is 0 Å². The predicted molar refractivity (Wildman–Crippen MR) is 121 cm³/mol. The molecule has 0 saturated carbocycles. The van der Waals surface area contributed by atoms with Crippen molar-refractivity contribution in [3.63, 3.8) is 0 Å². The van der Waals surface area contributed by atoms with Crippen molar-refractivity contribution in [1.29, 1.82) is 0 Å². The van der Waals surface area contributed by atoms with Gasteiger partial charge in [-0.25, -0.2) is 4.99 Å². The molecule has 2 aromatic rings. The summed E-state index contributed by atoms with van der Waals surface area (Å²) < 4.78 is 5.34. The van der Waals surface area contributed by atoms with E-state index in [1.165, 1.54) is 4.90 Å². The third-order valence-corrected chi connectivity index (χ3v) is 4.66. The molecule has 7 heteroatoms. The molecule has 0 aliphatic heterocycles. The monoisotopic (exact) mass is 488 g/mol. The summed E-state index contributed by atoms with van der Waals surface area (Å²) >= 11 is 1.85. The van der Waals surface area contributed by atoms with Gasteiger partial charge >= 0.3 is 0 Å². The number of aromatic nitrogens is 1. The highest BCUT2D eigenvalue weighted by molar-refractivity contribution is 14.0. The highest BCUT2D eigenvalue weighted by atomic mass is 127. The van der Waals surface area contributed by atoms with Crippen LogP contribution in [0.3, 0.4) is 0 Å². The van der Waals surface area contributed by atoms with Crippen LogP contribution in [0.2, 0.25) is 0 Å². The number of hydrogen-bond donors (Lipinski definition) is 2. The number of thioether (sulfide) groups is 1. The van der Waals surface area contributed by atoms with Gasteiger partial charge in [0.2, 0.25) is 0 Å². The van der Waals surface area contributed by atoms with Gasteiger partial charge in [0.25, 0.3) is 0 Å². The third kappa shape index (κ3) is 7.99. The molecule has 0 spiro atoms. The molecule has 0 saturated heterocycles. The summed E-state index contributed by atoms with van der Waals surface area (Å²) in [6.45, 7) is 10.6. The van der Waals surface area contributed by atoms with Crippen molar-refractivity contribution in [3.8, 4) is 0 Å². The lowest BCUT2D eigenvalue weighted by atomic mass is 10.1. The summed E-state index contributed by atoms with van der Waals surface area (Å²) in [5, 5.41) is 11.2. The third-order valence-electron chi connectivity index (χ3n) is 3.54. The quantitative estimate of drug-likeness (QED) is 0.245. The highest BCUT2D eigenvalue weighted by Crippen LogP contribution is 2.21. The number of nitrogens with one attached hydrogen (secondary N) is 2. The Morgan fingerprint density at radius 1 is 1.19 bits per heavy atom. The first-order chi connectivity index (χ1) is 12.1. The minimum Gasteiger partial charge on any atom is -0.359 e. The van der Waals surface area contributed by atoms with Gasteiger partial charge in [-0.05, 0) is 25.0 Å². The number of halogens is 1. The van der Waals surface area contributed by atoms with Crippen molar-refractivity contribution in [2.45, 2.75) is 50.3 Å². The van der Waals surface area contributed by atoms with Gasteiger partial charge in [0, 0.05) is 29.3 Å². The van der Waals surface area contributed by atoms with Crippen LogP contribution in [0, 0.1) is 0 Å². The maximum Gasteiger partial charge on any atom is 0.191 e. The molecule has 1 heterocycles. The largest absolute Gasteiger partial charge is 0.359 e. The molecule has 0 fully saturated rings. The van der Waals surface area contributed by atoms with Crippen molar-refractivity contribution in [3.05, 3.63) is 47.9 Å². The second kappa shape index (κ2) is 12.2. The Morgan fingerprint density at radius 3 is 2.54 bits per heavy atom. The SMILES string of the molecule is CCNC(=NCc1cc(C(C)C)no1)NCC(C)Sc1ccccc1.I. The van der Waals surface area contributed by atoms with E-state index in [9.17, 15) is 0 Å². The molecule has 144 valence electrons. The molecular weight excluding hydrogens is 459 g/mol. The molecule has 0 bridgehead atoms. The van der Waals surface area contributed by atoms with Crippen LogP contribution in [0.1, 0.15) is 45.1 Å². The number of rotatable bonds is 8. The molecule has 0 amide bonds. The van der Waals surface area contributed by atoms with E-state index in [2.05, 4.69) is 72.7 Å². The summed E-state index contributed by atoms with van der Waals surface area (Å²) in [4.78, 5) is 5.87. The second-order valence-corrected chi connectivity index (χ2v) is 7.70. The van der Waals surface area contributed by atoms with E-state index in [-0.39, 0.29) is 24.0 Å². The molecule has 1 unspecified atom stereocenters. The van der Waals surface area contributed by atoms with E-state index >= 15 is 0 Å². The zero-order valence-corrected chi connectivity index (χ0v) is 19.0. The van der Waals surface area contributed by atoms with Crippen LogP contribution in [0.5, 0.6) is 0 Å². The molecule has 0 aliphatic rings. The van der Waals surface area contributed by atoms with Gasteiger partial charge in [-0.3, -0.25) is 0 Å². The lowest BCUT2D eigenvalue weighted by Crippen LogP contribution is -2.40. The molecule has 26 heavy (non-hydrogen) atoms. The number of hydrogen-bond acceptors (Lipinski definition) is 4. The Morgan fingerprint density at radius 2 is 1.92 bits per heavy atom. The minimum absolute atomic E-state index is 0. The van der Waals surface area contributed by atoms with E-state index in [0.29, 0.717) is 17.7 Å². The van der Waals surface area contributed by atoms with E-state index in [4.69, 9.17) is 4.52 Å². The van der Waals surface area contributed by atoms with Gasteiger partial charge in [0.1, 0.15) is 6.54 Å². The number of aliphatic imine (C=N–C) groups is 1. The fourth-order valence-electron chi connectivity index (χ4n) is 2.19. The van der Waals surface area contributed by atoms with Crippen LogP contribution < -0.4 is 10.6 Å².